The first-order valence-corrected chi connectivity index (χ1v) is 17.5. The van der Waals surface area contributed by atoms with Crippen molar-refractivity contribution >= 4 is 43.4 Å². The summed E-state index contributed by atoms with van der Waals surface area (Å²) in [5, 5.41) is 21.2. The summed E-state index contributed by atoms with van der Waals surface area (Å²) in [7, 11) is -4.14. The second-order valence-corrected chi connectivity index (χ2v) is 15.7. The molecule has 1 unspecified atom stereocenters. The van der Waals surface area contributed by atoms with E-state index < -0.39 is 21.2 Å². The summed E-state index contributed by atoms with van der Waals surface area (Å²) in [4.78, 5) is 29.5. The van der Waals surface area contributed by atoms with Crippen LogP contribution in [0, 0.1) is 11.3 Å². The van der Waals surface area contributed by atoms with Crippen LogP contribution < -0.4 is 16.0 Å². The van der Waals surface area contributed by atoms with E-state index in [1.54, 1.807) is 17.6 Å². The Morgan fingerprint density at radius 3 is 2.50 bits per heavy atom. The van der Waals surface area contributed by atoms with Crippen LogP contribution in [0.3, 0.4) is 0 Å². The van der Waals surface area contributed by atoms with Gasteiger partial charge in [-0.25, -0.2) is 13.4 Å². The number of hydrogen-bond donors (Lipinski definition) is 4. The molecule has 0 spiro atoms. The summed E-state index contributed by atoms with van der Waals surface area (Å²) < 4.78 is 30.3. The quantitative estimate of drug-likeness (QED) is 0.165. The molecule has 0 bridgehead atoms. The van der Waals surface area contributed by atoms with Crippen LogP contribution in [0.1, 0.15) is 58.9 Å². The second-order valence-electron chi connectivity index (χ2n) is 12.9. The molecular weight excluding hydrogens is 599 g/mol. The summed E-state index contributed by atoms with van der Waals surface area (Å²) >= 11 is 1.36. The average Bonchev–Trinajstić information content (AvgIpc) is 3.67. The molecule has 0 radical (unpaired) electrons. The van der Waals surface area contributed by atoms with Crippen molar-refractivity contribution in [1.82, 2.24) is 25.2 Å². The molecule has 4 N–H and O–H groups in total. The number of rotatable bonds is 17. The summed E-state index contributed by atoms with van der Waals surface area (Å²) in [5.74, 6) is -0.419. The van der Waals surface area contributed by atoms with Crippen LogP contribution in [0.2, 0.25) is 0 Å². The molecule has 1 atom stereocenters. The Kier molecular flexibility index (Phi) is 11.2. The van der Waals surface area contributed by atoms with E-state index in [9.17, 15) is 23.1 Å². The highest BCUT2D eigenvalue weighted by Crippen LogP contribution is 2.32. The SMILES string of the molecule is CC(C)CN(C(O)(CCNC(=O)CC(C)(C)CNC(=O)CNC1CC1)Cc1ccccc1)S(=O)(=O)c1ccc2ncsc2c1. The minimum atomic E-state index is -4.14. The predicted molar refractivity (Wildman–Crippen MR) is 174 cm³/mol. The third-order valence-electron chi connectivity index (χ3n) is 7.60. The summed E-state index contributed by atoms with van der Waals surface area (Å²) in [6, 6.07) is 14.5. The zero-order valence-electron chi connectivity index (χ0n) is 26.0. The molecule has 1 aliphatic carbocycles. The molecule has 1 aromatic heterocycles. The molecule has 10 nitrogen and oxygen atoms in total. The molecule has 1 saturated carbocycles. The normalized spacial score (nSPS) is 15.4. The lowest BCUT2D eigenvalue weighted by Gasteiger charge is -2.40. The standard InChI is InChI=1S/C32H45N5O5S2/c1-23(2)20-37(44(41,42)26-12-13-27-28(16-26)43-22-36-27)32(40,17-24-8-6-5-7-9-24)14-15-33-29(38)18-31(3,4)21-35-30(39)19-34-25-10-11-25/h5-9,12-13,16,22-23,25,34,40H,10-11,14-15,17-21H2,1-4H3,(H,33,38)(H,35,39). The first kappa shape index (κ1) is 34.0. The number of carbonyl (C=O) groups excluding carboxylic acids is 2. The Hall–Kier alpha value is -2.90. The molecule has 0 aliphatic heterocycles. The van der Waals surface area contributed by atoms with E-state index in [1.807, 2.05) is 58.0 Å². The monoisotopic (exact) mass is 643 g/mol. The van der Waals surface area contributed by atoms with Gasteiger partial charge in [0.1, 0.15) is 5.72 Å². The highest BCUT2D eigenvalue weighted by atomic mass is 32.2. The van der Waals surface area contributed by atoms with Crippen LogP contribution in [0.15, 0.2) is 58.9 Å². The van der Waals surface area contributed by atoms with E-state index >= 15 is 0 Å². The van der Waals surface area contributed by atoms with E-state index in [1.165, 1.54) is 21.7 Å². The molecule has 2 amide bonds. The molecule has 240 valence electrons. The first-order valence-electron chi connectivity index (χ1n) is 15.2. The molecule has 12 heteroatoms. The van der Waals surface area contributed by atoms with Gasteiger partial charge in [-0.2, -0.15) is 4.31 Å². The molecule has 3 aromatic rings. The molecular formula is C32H45N5O5S2. The number of carbonyl (C=O) groups is 2. The summed E-state index contributed by atoms with van der Waals surface area (Å²) in [5.41, 5.74) is 0.837. The zero-order valence-corrected chi connectivity index (χ0v) is 27.6. The topological polar surface area (TPSA) is 141 Å². The lowest BCUT2D eigenvalue weighted by Crippen LogP contribution is -2.55. The molecule has 1 heterocycles. The van der Waals surface area contributed by atoms with Crippen LogP contribution in [-0.4, -0.2) is 72.6 Å². The number of amides is 2. The van der Waals surface area contributed by atoms with Crippen LogP contribution in [-0.2, 0) is 26.0 Å². The van der Waals surface area contributed by atoms with Crippen molar-refractivity contribution in [2.75, 3.05) is 26.2 Å². The van der Waals surface area contributed by atoms with Gasteiger partial charge in [-0.15, -0.1) is 11.3 Å². The van der Waals surface area contributed by atoms with Crippen molar-refractivity contribution in [2.24, 2.45) is 11.3 Å². The maximum absolute atomic E-state index is 14.2. The van der Waals surface area contributed by atoms with Crippen LogP contribution >= 0.6 is 11.3 Å². The molecule has 0 saturated heterocycles. The number of fused-ring (bicyclic) bond motifs is 1. The number of sulfonamides is 1. The molecule has 4 rings (SSSR count). The Bertz CT molecular complexity index is 1520. The second kappa shape index (κ2) is 14.5. The number of hydrogen-bond acceptors (Lipinski definition) is 8. The van der Waals surface area contributed by atoms with Gasteiger partial charge in [0.25, 0.3) is 0 Å². The fourth-order valence-corrected chi connectivity index (χ4v) is 7.71. The highest BCUT2D eigenvalue weighted by molar-refractivity contribution is 7.89. The first-order chi connectivity index (χ1) is 20.8. The minimum Gasteiger partial charge on any atom is -0.374 e. The van der Waals surface area contributed by atoms with Gasteiger partial charge < -0.3 is 21.1 Å². The fourth-order valence-electron chi connectivity index (χ4n) is 5.06. The molecule has 1 fully saturated rings. The van der Waals surface area contributed by atoms with Gasteiger partial charge in [0.05, 0.1) is 27.2 Å². The molecule has 1 aliphatic rings. The van der Waals surface area contributed by atoms with Crippen molar-refractivity contribution in [2.45, 2.75) is 76.5 Å². The Morgan fingerprint density at radius 2 is 1.82 bits per heavy atom. The number of nitrogens with zero attached hydrogens (tertiary/aromatic N) is 2. The van der Waals surface area contributed by atoms with E-state index in [0.29, 0.717) is 18.1 Å². The van der Waals surface area contributed by atoms with Crippen molar-refractivity contribution in [3.8, 4) is 0 Å². The van der Waals surface area contributed by atoms with Gasteiger partial charge in [0.2, 0.25) is 21.8 Å². The Morgan fingerprint density at radius 1 is 1.09 bits per heavy atom. The highest BCUT2D eigenvalue weighted by Gasteiger charge is 2.43. The van der Waals surface area contributed by atoms with Gasteiger partial charge in [-0.3, -0.25) is 9.59 Å². The van der Waals surface area contributed by atoms with Crippen molar-refractivity contribution < 1.29 is 23.1 Å². The number of nitrogens with one attached hydrogen (secondary N) is 3. The summed E-state index contributed by atoms with van der Waals surface area (Å²) in [6.07, 6.45) is 2.38. The lowest BCUT2D eigenvalue weighted by atomic mass is 9.88. The van der Waals surface area contributed by atoms with Crippen LogP contribution in [0.25, 0.3) is 10.2 Å². The smallest absolute Gasteiger partial charge is 0.245 e. The fraction of sp³-hybridized carbons (Fsp3) is 0.531. The predicted octanol–water partition coefficient (Wildman–Crippen LogP) is 3.67. The Labute approximate surface area is 264 Å². The van der Waals surface area contributed by atoms with E-state index in [-0.39, 0.29) is 61.5 Å². The van der Waals surface area contributed by atoms with Gasteiger partial charge in [-0.1, -0.05) is 58.0 Å². The number of thiazole rings is 1. The van der Waals surface area contributed by atoms with E-state index in [2.05, 4.69) is 20.9 Å². The Balaban J connectivity index is 1.48. The van der Waals surface area contributed by atoms with Gasteiger partial charge in [0, 0.05) is 44.9 Å². The average molecular weight is 644 g/mol. The lowest BCUT2D eigenvalue weighted by molar-refractivity contribution is -0.125. The number of benzene rings is 2. The van der Waals surface area contributed by atoms with E-state index in [4.69, 9.17) is 0 Å². The van der Waals surface area contributed by atoms with Gasteiger partial charge in [0.15, 0.2) is 0 Å². The van der Waals surface area contributed by atoms with E-state index in [0.717, 1.165) is 23.1 Å². The van der Waals surface area contributed by atoms with Crippen LogP contribution in [0.4, 0.5) is 0 Å². The van der Waals surface area contributed by atoms with Gasteiger partial charge in [-0.05, 0) is 47.9 Å². The minimum absolute atomic E-state index is 0.0214. The third kappa shape index (κ3) is 9.55. The number of aliphatic hydroxyl groups is 1. The van der Waals surface area contributed by atoms with Crippen molar-refractivity contribution in [1.29, 1.82) is 0 Å². The van der Waals surface area contributed by atoms with Crippen LogP contribution in [0.5, 0.6) is 0 Å². The maximum atomic E-state index is 14.2. The van der Waals surface area contributed by atoms with Gasteiger partial charge >= 0.3 is 0 Å². The number of aromatic nitrogens is 1. The third-order valence-corrected chi connectivity index (χ3v) is 10.3. The van der Waals surface area contributed by atoms with Crippen molar-refractivity contribution in [3.05, 3.63) is 59.6 Å². The molecule has 44 heavy (non-hydrogen) atoms. The zero-order chi connectivity index (χ0) is 32.0. The molecule has 2 aromatic carbocycles. The maximum Gasteiger partial charge on any atom is 0.245 e. The summed E-state index contributed by atoms with van der Waals surface area (Å²) in [6.45, 7) is 8.38. The van der Waals surface area contributed by atoms with Crippen molar-refractivity contribution in [3.63, 3.8) is 0 Å². The largest absolute Gasteiger partial charge is 0.374 e.